The number of rotatable bonds is 5. The maximum absolute atomic E-state index is 12.4. The topological polar surface area (TPSA) is 63.6 Å². The van der Waals surface area contributed by atoms with Gasteiger partial charge in [-0.2, -0.15) is 5.10 Å². The number of aromatic amines is 1. The second-order valence-corrected chi connectivity index (χ2v) is 7.68. The van der Waals surface area contributed by atoms with E-state index < -0.39 is 0 Å². The number of thioether (sulfide) groups is 1. The molecule has 2 heterocycles. The number of benzene rings is 2. The molecule has 5 nitrogen and oxygen atoms in total. The van der Waals surface area contributed by atoms with Crippen LogP contribution in [0.1, 0.15) is 11.1 Å². The molecule has 2 aromatic heterocycles. The Kier molecular flexibility index (Phi) is 5.20. The van der Waals surface area contributed by atoms with Gasteiger partial charge in [0, 0.05) is 15.8 Å². The lowest BCUT2D eigenvalue weighted by Gasteiger charge is -2.07. The zero-order valence-corrected chi connectivity index (χ0v) is 16.4. The molecule has 8 heteroatoms. The van der Waals surface area contributed by atoms with Crippen LogP contribution < -0.4 is 5.56 Å². The van der Waals surface area contributed by atoms with Crippen LogP contribution in [0.3, 0.4) is 0 Å². The molecule has 0 fully saturated rings. The van der Waals surface area contributed by atoms with Crippen LogP contribution in [-0.4, -0.2) is 19.7 Å². The number of hydrogen-bond donors (Lipinski definition) is 1. The number of hydrogen-bond acceptors (Lipinski definition) is 4. The molecule has 0 bridgehead atoms. The van der Waals surface area contributed by atoms with Crippen LogP contribution in [0.4, 0.5) is 0 Å². The van der Waals surface area contributed by atoms with Crippen LogP contribution in [0.5, 0.6) is 0 Å². The first-order valence-electron chi connectivity index (χ1n) is 8.16. The van der Waals surface area contributed by atoms with Crippen molar-refractivity contribution in [3.8, 4) is 0 Å². The van der Waals surface area contributed by atoms with Crippen molar-refractivity contribution in [2.45, 2.75) is 17.3 Å². The molecule has 0 atom stereocenters. The van der Waals surface area contributed by atoms with Gasteiger partial charge in [0.15, 0.2) is 0 Å². The van der Waals surface area contributed by atoms with Crippen molar-refractivity contribution in [2.75, 3.05) is 0 Å². The third-order valence-electron chi connectivity index (χ3n) is 4.14. The highest BCUT2D eigenvalue weighted by Gasteiger charge is 2.15. The molecule has 1 N–H and O–H groups in total. The molecule has 0 aliphatic heterocycles. The lowest BCUT2D eigenvalue weighted by atomic mass is 10.2. The standard InChI is InChI=1S/C19H14Cl2N4OS/c20-14-7-3-1-5-12(14)9-25-11-22-16-17(25)18(26)23-24-19(16)27-10-13-6-2-4-8-15(13)21/h1-8,11H,9-10H2,(H,23,26). The normalized spacial score (nSPS) is 11.2. The Morgan fingerprint density at radius 1 is 1.00 bits per heavy atom. The lowest BCUT2D eigenvalue weighted by molar-refractivity contribution is 0.813. The first-order valence-corrected chi connectivity index (χ1v) is 9.91. The van der Waals surface area contributed by atoms with Gasteiger partial charge in [-0.3, -0.25) is 4.79 Å². The van der Waals surface area contributed by atoms with Gasteiger partial charge < -0.3 is 4.57 Å². The largest absolute Gasteiger partial charge is 0.321 e. The van der Waals surface area contributed by atoms with Crippen LogP contribution in [0.15, 0.2) is 64.7 Å². The Bertz CT molecular complexity index is 1170. The van der Waals surface area contributed by atoms with Gasteiger partial charge in [0.25, 0.3) is 5.56 Å². The summed E-state index contributed by atoms with van der Waals surface area (Å²) in [5.74, 6) is 0.630. The van der Waals surface area contributed by atoms with E-state index in [1.165, 1.54) is 11.8 Å². The van der Waals surface area contributed by atoms with Crippen molar-refractivity contribution in [1.82, 2.24) is 19.7 Å². The molecular formula is C19H14Cl2N4OS. The van der Waals surface area contributed by atoms with E-state index in [1.54, 1.807) is 10.9 Å². The molecule has 0 saturated heterocycles. The maximum atomic E-state index is 12.4. The number of aromatic nitrogens is 4. The van der Waals surface area contributed by atoms with Gasteiger partial charge >= 0.3 is 0 Å². The summed E-state index contributed by atoms with van der Waals surface area (Å²) < 4.78 is 1.79. The molecule has 0 unspecified atom stereocenters. The Balaban J connectivity index is 1.67. The lowest BCUT2D eigenvalue weighted by Crippen LogP contribution is -2.13. The summed E-state index contributed by atoms with van der Waals surface area (Å²) >= 11 is 13.9. The molecule has 0 aliphatic carbocycles. The van der Waals surface area contributed by atoms with Gasteiger partial charge in [0.1, 0.15) is 16.1 Å². The third kappa shape index (κ3) is 3.74. The van der Waals surface area contributed by atoms with Gasteiger partial charge in [-0.1, -0.05) is 71.4 Å². The highest BCUT2D eigenvalue weighted by Crippen LogP contribution is 2.28. The third-order valence-corrected chi connectivity index (χ3v) is 5.89. The molecule has 27 heavy (non-hydrogen) atoms. The van der Waals surface area contributed by atoms with Crippen LogP contribution in [0.2, 0.25) is 10.0 Å². The van der Waals surface area contributed by atoms with Crippen molar-refractivity contribution in [3.63, 3.8) is 0 Å². The average molecular weight is 417 g/mol. The van der Waals surface area contributed by atoms with Crippen molar-refractivity contribution >= 4 is 46.0 Å². The van der Waals surface area contributed by atoms with Crippen molar-refractivity contribution in [1.29, 1.82) is 0 Å². The first kappa shape index (κ1) is 18.1. The number of halogens is 2. The highest BCUT2D eigenvalue weighted by molar-refractivity contribution is 7.98. The van der Waals surface area contributed by atoms with E-state index in [4.69, 9.17) is 23.2 Å². The summed E-state index contributed by atoms with van der Waals surface area (Å²) in [4.78, 5) is 16.8. The minimum atomic E-state index is -0.281. The molecular weight excluding hydrogens is 403 g/mol. The van der Waals surface area contributed by atoms with E-state index in [1.807, 2.05) is 48.5 Å². The smallest absolute Gasteiger partial charge is 0.290 e. The summed E-state index contributed by atoms with van der Waals surface area (Å²) in [5, 5.41) is 8.75. The zero-order valence-electron chi connectivity index (χ0n) is 14.0. The average Bonchev–Trinajstić information content (AvgIpc) is 3.09. The minimum absolute atomic E-state index is 0.281. The first-order chi connectivity index (χ1) is 13.1. The van der Waals surface area contributed by atoms with Crippen molar-refractivity contribution in [2.24, 2.45) is 0 Å². The number of H-pyrrole nitrogens is 1. The fourth-order valence-electron chi connectivity index (χ4n) is 2.78. The molecule has 4 rings (SSSR count). The van der Waals surface area contributed by atoms with E-state index in [2.05, 4.69) is 15.2 Å². The molecule has 2 aromatic carbocycles. The summed E-state index contributed by atoms with van der Waals surface area (Å²) in [6.07, 6.45) is 1.64. The van der Waals surface area contributed by atoms with Gasteiger partial charge in [-0.15, -0.1) is 0 Å². The Labute approximate surface area is 169 Å². The number of imidazole rings is 1. The fraction of sp³-hybridized carbons (Fsp3) is 0.105. The predicted octanol–water partition coefficient (Wildman–Crippen LogP) is 4.77. The fourth-order valence-corrected chi connectivity index (χ4v) is 4.19. The van der Waals surface area contributed by atoms with Crippen LogP contribution in [0, 0.1) is 0 Å². The van der Waals surface area contributed by atoms with E-state index in [-0.39, 0.29) is 5.56 Å². The number of nitrogens with one attached hydrogen (secondary N) is 1. The summed E-state index contributed by atoms with van der Waals surface area (Å²) in [6.45, 7) is 0.456. The van der Waals surface area contributed by atoms with E-state index in [0.717, 1.165) is 11.1 Å². The zero-order chi connectivity index (χ0) is 18.8. The molecule has 0 amide bonds. The van der Waals surface area contributed by atoms with Crippen LogP contribution >= 0.6 is 35.0 Å². The summed E-state index contributed by atoms with van der Waals surface area (Å²) in [7, 11) is 0. The minimum Gasteiger partial charge on any atom is -0.321 e. The number of fused-ring (bicyclic) bond motifs is 1. The molecule has 136 valence electrons. The second-order valence-electron chi connectivity index (χ2n) is 5.90. The van der Waals surface area contributed by atoms with E-state index >= 15 is 0 Å². The van der Waals surface area contributed by atoms with Crippen molar-refractivity contribution < 1.29 is 0 Å². The van der Waals surface area contributed by atoms with Crippen molar-refractivity contribution in [3.05, 3.63) is 86.4 Å². The maximum Gasteiger partial charge on any atom is 0.290 e. The second kappa shape index (κ2) is 7.76. The SMILES string of the molecule is O=c1[nH]nc(SCc2ccccc2Cl)c2ncn(Cc3ccccc3Cl)c12. The molecule has 0 spiro atoms. The Hall–Kier alpha value is -2.28. The van der Waals surface area contributed by atoms with Gasteiger partial charge in [0.2, 0.25) is 0 Å². The van der Waals surface area contributed by atoms with Gasteiger partial charge in [-0.05, 0) is 23.3 Å². The van der Waals surface area contributed by atoms with Crippen LogP contribution in [-0.2, 0) is 12.3 Å². The van der Waals surface area contributed by atoms with E-state index in [9.17, 15) is 4.79 Å². The summed E-state index contributed by atoms with van der Waals surface area (Å²) in [6, 6.07) is 15.2. The predicted molar refractivity (Wildman–Crippen MR) is 110 cm³/mol. The molecule has 4 aromatic rings. The summed E-state index contributed by atoms with van der Waals surface area (Å²) in [5.41, 5.74) is 2.69. The highest BCUT2D eigenvalue weighted by atomic mass is 35.5. The van der Waals surface area contributed by atoms with Gasteiger partial charge in [0.05, 0.1) is 12.9 Å². The quantitative estimate of drug-likeness (QED) is 0.476. The molecule has 0 radical (unpaired) electrons. The Morgan fingerprint density at radius 2 is 1.67 bits per heavy atom. The molecule has 0 saturated carbocycles. The Morgan fingerprint density at radius 3 is 2.37 bits per heavy atom. The molecule has 0 aliphatic rings. The van der Waals surface area contributed by atoms with Gasteiger partial charge in [-0.25, -0.2) is 10.1 Å². The van der Waals surface area contributed by atoms with E-state index in [0.29, 0.717) is 38.4 Å². The van der Waals surface area contributed by atoms with Crippen LogP contribution in [0.25, 0.3) is 11.0 Å². The number of nitrogens with zero attached hydrogens (tertiary/aromatic N) is 3. The monoisotopic (exact) mass is 416 g/mol.